The summed E-state index contributed by atoms with van der Waals surface area (Å²) < 4.78 is 1.35. The van der Waals surface area contributed by atoms with Crippen molar-refractivity contribution in [3.8, 4) is 0 Å². The Morgan fingerprint density at radius 3 is 2.76 bits per heavy atom. The number of hydrogen-bond acceptors (Lipinski definition) is 7. The quantitative estimate of drug-likeness (QED) is 0.820. The third-order valence-electron chi connectivity index (χ3n) is 1.83. The van der Waals surface area contributed by atoms with Gasteiger partial charge in [-0.1, -0.05) is 0 Å². The second kappa shape index (κ2) is 4.72. The largest absolute Gasteiger partial charge is 0.357 e. The highest BCUT2D eigenvalue weighted by Crippen LogP contribution is 2.22. The molecule has 0 amide bonds. The van der Waals surface area contributed by atoms with Gasteiger partial charge >= 0.3 is 5.69 Å². The Labute approximate surface area is 105 Å². The third kappa shape index (κ3) is 2.56. The lowest BCUT2D eigenvalue weighted by Crippen LogP contribution is -2.13. The van der Waals surface area contributed by atoms with Crippen molar-refractivity contribution >= 4 is 29.3 Å². The van der Waals surface area contributed by atoms with E-state index in [1.165, 1.54) is 4.57 Å². The van der Waals surface area contributed by atoms with Crippen molar-refractivity contribution in [3.63, 3.8) is 0 Å². The molecule has 0 bridgehead atoms. The molecule has 0 fully saturated rings. The fourth-order valence-electron chi connectivity index (χ4n) is 0.995. The van der Waals surface area contributed by atoms with Crippen LogP contribution in [-0.2, 0) is 7.05 Å². The van der Waals surface area contributed by atoms with E-state index in [4.69, 9.17) is 11.6 Å². The molecule has 90 valence electrons. The van der Waals surface area contributed by atoms with Crippen LogP contribution in [0.2, 0.25) is 5.28 Å². The van der Waals surface area contributed by atoms with Gasteiger partial charge in [-0.3, -0.25) is 4.57 Å². The standard InChI is InChI=1S/C7H8ClN7OS/c1-9-4-10-3(8)11-5(12-4)17-7-14-13-6(16)15(7)2/h1-2H3,(H,13,16)(H,9,10,11,12). The number of rotatable bonds is 3. The van der Waals surface area contributed by atoms with Crippen LogP contribution >= 0.6 is 23.4 Å². The molecule has 2 rings (SSSR count). The van der Waals surface area contributed by atoms with Crippen LogP contribution in [0.3, 0.4) is 0 Å². The summed E-state index contributed by atoms with van der Waals surface area (Å²) in [5.41, 5.74) is -0.304. The van der Waals surface area contributed by atoms with Gasteiger partial charge in [-0.25, -0.2) is 9.89 Å². The lowest BCUT2D eigenvalue weighted by Gasteiger charge is -2.01. The summed E-state index contributed by atoms with van der Waals surface area (Å²) in [5, 5.41) is 9.77. The molecule has 0 aliphatic rings. The number of aromatic amines is 1. The van der Waals surface area contributed by atoms with Gasteiger partial charge in [0.2, 0.25) is 16.4 Å². The second-order valence-electron chi connectivity index (χ2n) is 2.93. The molecule has 2 heterocycles. The first-order chi connectivity index (χ1) is 8.10. The minimum absolute atomic E-state index is 0.0763. The van der Waals surface area contributed by atoms with Gasteiger partial charge < -0.3 is 5.32 Å². The number of nitrogens with zero attached hydrogens (tertiary/aromatic N) is 5. The van der Waals surface area contributed by atoms with Crippen molar-refractivity contribution in [1.29, 1.82) is 0 Å². The van der Waals surface area contributed by atoms with E-state index in [1.807, 2.05) is 0 Å². The highest BCUT2D eigenvalue weighted by atomic mass is 35.5. The molecule has 17 heavy (non-hydrogen) atoms. The molecule has 8 nitrogen and oxygen atoms in total. The van der Waals surface area contributed by atoms with Gasteiger partial charge in [-0.05, 0) is 23.4 Å². The average Bonchev–Trinajstić information content (AvgIpc) is 2.60. The third-order valence-corrected chi connectivity index (χ3v) is 2.91. The molecular formula is C7H8ClN7OS. The van der Waals surface area contributed by atoms with Crippen molar-refractivity contribution in [2.75, 3.05) is 12.4 Å². The Morgan fingerprint density at radius 2 is 2.18 bits per heavy atom. The topological polar surface area (TPSA) is 101 Å². The normalized spacial score (nSPS) is 10.5. The molecule has 0 saturated carbocycles. The maximum atomic E-state index is 11.2. The zero-order chi connectivity index (χ0) is 12.4. The highest BCUT2D eigenvalue weighted by Gasteiger charge is 2.10. The van der Waals surface area contributed by atoms with Crippen LogP contribution in [0.15, 0.2) is 15.1 Å². The highest BCUT2D eigenvalue weighted by molar-refractivity contribution is 7.99. The summed E-state index contributed by atoms with van der Waals surface area (Å²) in [6.45, 7) is 0. The van der Waals surface area contributed by atoms with Gasteiger partial charge in [0.15, 0.2) is 5.16 Å². The first-order valence-electron chi connectivity index (χ1n) is 4.48. The van der Waals surface area contributed by atoms with Crippen molar-refractivity contribution in [3.05, 3.63) is 15.8 Å². The van der Waals surface area contributed by atoms with E-state index < -0.39 is 0 Å². The van der Waals surface area contributed by atoms with Crippen LogP contribution in [0.5, 0.6) is 0 Å². The fourth-order valence-corrected chi connectivity index (χ4v) is 1.94. The number of nitrogens with one attached hydrogen (secondary N) is 2. The van der Waals surface area contributed by atoms with E-state index in [1.54, 1.807) is 14.1 Å². The number of aromatic nitrogens is 6. The Bertz CT molecular complexity index is 594. The fraction of sp³-hybridized carbons (Fsp3) is 0.286. The number of halogens is 1. The smallest absolute Gasteiger partial charge is 0.343 e. The van der Waals surface area contributed by atoms with Crippen LogP contribution in [0.1, 0.15) is 0 Å². The van der Waals surface area contributed by atoms with Crippen LogP contribution < -0.4 is 11.0 Å². The van der Waals surface area contributed by atoms with Crippen LogP contribution in [0.4, 0.5) is 5.95 Å². The molecule has 0 atom stereocenters. The van der Waals surface area contributed by atoms with Gasteiger partial charge in [0.25, 0.3) is 0 Å². The summed E-state index contributed by atoms with van der Waals surface area (Å²) in [7, 11) is 3.26. The molecule has 0 saturated heterocycles. The summed E-state index contributed by atoms with van der Waals surface area (Å²) >= 11 is 6.84. The number of H-pyrrole nitrogens is 1. The molecule has 10 heteroatoms. The SMILES string of the molecule is CNc1nc(Cl)nc(Sc2n[nH]c(=O)n2C)n1. The second-order valence-corrected chi connectivity index (χ2v) is 4.21. The zero-order valence-electron chi connectivity index (χ0n) is 8.93. The first-order valence-corrected chi connectivity index (χ1v) is 5.68. The summed E-state index contributed by atoms with van der Waals surface area (Å²) in [4.78, 5) is 23.0. The van der Waals surface area contributed by atoms with Gasteiger partial charge in [-0.15, -0.1) is 5.10 Å². The van der Waals surface area contributed by atoms with E-state index in [2.05, 4.69) is 30.5 Å². The molecule has 0 aliphatic heterocycles. The number of hydrogen-bond donors (Lipinski definition) is 2. The van der Waals surface area contributed by atoms with Gasteiger partial charge in [0.05, 0.1) is 0 Å². The maximum Gasteiger partial charge on any atom is 0.343 e. The van der Waals surface area contributed by atoms with Crippen LogP contribution in [0.25, 0.3) is 0 Å². The predicted octanol–water partition coefficient (Wildman–Crippen LogP) is 0.140. The van der Waals surface area contributed by atoms with Crippen LogP contribution in [-0.4, -0.2) is 36.8 Å². The zero-order valence-corrected chi connectivity index (χ0v) is 10.5. The summed E-state index contributed by atoms with van der Waals surface area (Å²) in [6.07, 6.45) is 0. The Balaban J connectivity index is 2.33. The van der Waals surface area contributed by atoms with Crippen molar-refractivity contribution < 1.29 is 0 Å². The Hall–Kier alpha value is -1.61. The molecular weight excluding hydrogens is 266 g/mol. The average molecular weight is 274 g/mol. The van der Waals surface area contributed by atoms with E-state index in [-0.39, 0.29) is 11.0 Å². The summed E-state index contributed by atoms with van der Waals surface area (Å²) in [6, 6.07) is 0. The molecule has 2 N–H and O–H groups in total. The van der Waals surface area contributed by atoms with E-state index in [0.717, 1.165) is 11.8 Å². The molecule has 0 unspecified atom stereocenters. The molecule has 0 radical (unpaired) electrons. The van der Waals surface area contributed by atoms with Crippen LogP contribution in [0, 0.1) is 0 Å². The lowest BCUT2D eigenvalue weighted by atomic mass is 10.9. The molecule has 2 aromatic rings. The molecule has 0 aliphatic carbocycles. The van der Waals surface area contributed by atoms with Crippen molar-refractivity contribution in [1.82, 2.24) is 29.7 Å². The molecule has 0 aromatic carbocycles. The monoisotopic (exact) mass is 273 g/mol. The van der Waals surface area contributed by atoms with Crippen molar-refractivity contribution in [2.24, 2.45) is 7.05 Å². The van der Waals surface area contributed by atoms with E-state index in [9.17, 15) is 4.79 Å². The first kappa shape index (κ1) is 11.9. The minimum Gasteiger partial charge on any atom is -0.357 e. The van der Waals surface area contributed by atoms with Gasteiger partial charge in [-0.2, -0.15) is 15.0 Å². The minimum atomic E-state index is -0.304. The molecule has 2 aromatic heterocycles. The lowest BCUT2D eigenvalue weighted by molar-refractivity contribution is 0.761. The number of anilines is 1. The van der Waals surface area contributed by atoms with E-state index in [0.29, 0.717) is 16.3 Å². The summed E-state index contributed by atoms with van der Waals surface area (Å²) in [5.74, 6) is 0.355. The maximum absolute atomic E-state index is 11.2. The predicted molar refractivity (Wildman–Crippen MR) is 62.3 cm³/mol. The molecule has 0 spiro atoms. The Morgan fingerprint density at radius 1 is 1.41 bits per heavy atom. The van der Waals surface area contributed by atoms with Gasteiger partial charge in [0, 0.05) is 14.1 Å². The van der Waals surface area contributed by atoms with E-state index >= 15 is 0 Å². The van der Waals surface area contributed by atoms with Crippen molar-refractivity contribution in [2.45, 2.75) is 10.3 Å². The van der Waals surface area contributed by atoms with Gasteiger partial charge in [0.1, 0.15) is 0 Å². The Kier molecular flexibility index (Phi) is 3.29.